The van der Waals surface area contributed by atoms with E-state index in [4.69, 9.17) is 5.84 Å². The molecule has 2 nitrogen and oxygen atoms in total. The Morgan fingerprint density at radius 2 is 2.00 bits per heavy atom. The Hall–Kier alpha value is -0.180. The van der Waals surface area contributed by atoms with Crippen LogP contribution in [0.25, 0.3) is 0 Å². The molecule has 3 heteroatoms. The van der Waals surface area contributed by atoms with Crippen molar-refractivity contribution in [1.29, 1.82) is 0 Å². The van der Waals surface area contributed by atoms with E-state index >= 15 is 0 Å². The van der Waals surface area contributed by atoms with Gasteiger partial charge in [-0.05, 0) is 6.42 Å². The van der Waals surface area contributed by atoms with Gasteiger partial charge in [0.2, 0.25) is 0 Å². The van der Waals surface area contributed by atoms with Crippen LogP contribution in [-0.2, 0) is 0 Å². The monoisotopic (exact) mass is 188 g/mol. The molecular formula is C9H20N2S. The first-order valence-electron chi connectivity index (χ1n) is 4.36. The van der Waals surface area contributed by atoms with Gasteiger partial charge in [0, 0.05) is 10.7 Å². The molecule has 0 spiro atoms. The fourth-order valence-corrected chi connectivity index (χ4v) is 1.64. The topological polar surface area (TPSA) is 38.4 Å². The number of nitrogens with two attached hydrogens (primary N) is 1. The molecule has 1 unspecified atom stereocenters. The highest BCUT2D eigenvalue weighted by molar-refractivity contribution is 8.14. The summed E-state index contributed by atoms with van der Waals surface area (Å²) in [5.74, 6) is 5.33. The fraction of sp³-hybridized carbons (Fsp3) is 0.889. The van der Waals surface area contributed by atoms with Crippen LogP contribution >= 0.6 is 11.8 Å². The molecule has 0 aromatic heterocycles. The molecule has 0 saturated carbocycles. The number of hydrogen-bond donors (Lipinski definition) is 1. The van der Waals surface area contributed by atoms with Crippen LogP contribution in [0.15, 0.2) is 5.10 Å². The van der Waals surface area contributed by atoms with E-state index in [1.54, 1.807) is 11.8 Å². The third kappa shape index (κ3) is 4.00. The second kappa shape index (κ2) is 4.75. The largest absolute Gasteiger partial charge is 0.323 e. The van der Waals surface area contributed by atoms with Crippen molar-refractivity contribution in [3.05, 3.63) is 0 Å². The minimum atomic E-state index is 0.0862. The first-order valence-corrected chi connectivity index (χ1v) is 5.24. The summed E-state index contributed by atoms with van der Waals surface area (Å²) in [5.41, 5.74) is 0.0862. The zero-order valence-corrected chi connectivity index (χ0v) is 9.53. The second-order valence-corrected chi connectivity index (χ2v) is 5.45. The van der Waals surface area contributed by atoms with E-state index in [0.29, 0.717) is 5.25 Å². The van der Waals surface area contributed by atoms with Gasteiger partial charge in [-0.15, -0.1) is 11.8 Å². The smallest absolute Gasteiger partial charge is 0.0984 e. The van der Waals surface area contributed by atoms with Gasteiger partial charge in [0.15, 0.2) is 0 Å². The van der Waals surface area contributed by atoms with Crippen molar-refractivity contribution in [2.24, 2.45) is 16.4 Å². The Kier molecular flexibility index (Phi) is 4.68. The third-order valence-electron chi connectivity index (χ3n) is 1.65. The Balaban J connectivity index is 4.22. The van der Waals surface area contributed by atoms with Crippen LogP contribution < -0.4 is 5.84 Å². The predicted molar refractivity (Wildman–Crippen MR) is 58.4 cm³/mol. The summed E-state index contributed by atoms with van der Waals surface area (Å²) in [7, 11) is 0. The van der Waals surface area contributed by atoms with Crippen molar-refractivity contribution < 1.29 is 0 Å². The summed E-state index contributed by atoms with van der Waals surface area (Å²) >= 11 is 1.78. The van der Waals surface area contributed by atoms with Gasteiger partial charge in [0.05, 0.1) is 5.04 Å². The van der Waals surface area contributed by atoms with Gasteiger partial charge in [-0.1, -0.05) is 34.6 Å². The Bertz CT molecular complexity index is 158. The Morgan fingerprint density at radius 1 is 1.50 bits per heavy atom. The van der Waals surface area contributed by atoms with E-state index in [-0.39, 0.29) is 5.41 Å². The molecule has 0 rings (SSSR count). The number of rotatable bonds is 2. The number of hydrogen-bond acceptors (Lipinski definition) is 3. The summed E-state index contributed by atoms with van der Waals surface area (Å²) in [4.78, 5) is 0. The maximum Gasteiger partial charge on any atom is 0.0984 e. The first kappa shape index (κ1) is 11.8. The molecule has 0 amide bonds. The summed E-state index contributed by atoms with van der Waals surface area (Å²) in [6, 6.07) is 0. The molecule has 0 bridgehead atoms. The summed E-state index contributed by atoms with van der Waals surface area (Å²) in [6.07, 6.45) is 1.15. The molecule has 0 aromatic rings. The van der Waals surface area contributed by atoms with Crippen LogP contribution in [0.1, 0.15) is 41.0 Å². The Morgan fingerprint density at radius 3 is 2.25 bits per heavy atom. The van der Waals surface area contributed by atoms with Gasteiger partial charge in [0.25, 0.3) is 0 Å². The van der Waals surface area contributed by atoms with Crippen LogP contribution in [0, 0.1) is 5.41 Å². The van der Waals surface area contributed by atoms with Gasteiger partial charge in [-0.2, -0.15) is 5.10 Å². The number of hydrazone groups is 1. The first-order chi connectivity index (χ1) is 5.41. The van der Waals surface area contributed by atoms with Gasteiger partial charge < -0.3 is 5.84 Å². The molecule has 1 atom stereocenters. The second-order valence-electron chi connectivity index (χ2n) is 4.02. The van der Waals surface area contributed by atoms with Gasteiger partial charge in [0.1, 0.15) is 0 Å². The average Bonchev–Trinajstić information content (AvgIpc) is 1.97. The molecule has 0 aliphatic heterocycles. The van der Waals surface area contributed by atoms with E-state index in [0.717, 1.165) is 11.5 Å². The van der Waals surface area contributed by atoms with Gasteiger partial charge in [-0.25, -0.2) is 0 Å². The molecule has 12 heavy (non-hydrogen) atoms. The molecule has 0 radical (unpaired) electrons. The van der Waals surface area contributed by atoms with Crippen molar-refractivity contribution in [2.75, 3.05) is 0 Å². The lowest BCUT2D eigenvalue weighted by atomic mass is 9.99. The van der Waals surface area contributed by atoms with Crippen LogP contribution in [-0.4, -0.2) is 10.3 Å². The maximum atomic E-state index is 5.33. The minimum absolute atomic E-state index is 0.0862. The van der Waals surface area contributed by atoms with Crippen LogP contribution in [0.5, 0.6) is 0 Å². The lowest BCUT2D eigenvalue weighted by Gasteiger charge is -2.21. The highest BCUT2D eigenvalue weighted by Crippen LogP contribution is 2.28. The highest BCUT2D eigenvalue weighted by Gasteiger charge is 2.21. The van der Waals surface area contributed by atoms with Crippen molar-refractivity contribution >= 4 is 16.8 Å². The van der Waals surface area contributed by atoms with E-state index in [2.05, 4.69) is 39.7 Å². The van der Waals surface area contributed by atoms with Crippen molar-refractivity contribution in [1.82, 2.24) is 0 Å². The fourth-order valence-electron chi connectivity index (χ4n) is 0.675. The summed E-state index contributed by atoms with van der Waals surface area (Å²) < 4.78 is 0. The van der Waals surface area contributed by atoms with E-state index in [1.807, 2.05) is 0 Å². The lowest BCUT2D eigenvalue weighted by Crippen LogP contribution is -2.20. The van der Waals surface area contributed by atoms with Crippen LogP contribution in [0.4, 0.5) is 0 Å². The molecule has 0 aliphatic carbocycles. The molecule has 0 saturated heterocycles. The Labute approximate surface area is 80.0 Å². The van der Waals surface area contributed by atoms with Gasteiger partial charge >= 0.3 is 0 Å². The molecule has 2 N–H and O–H groups in total. The predicted octanol–water partition coefficient (Wildman–Crippen LogP) is 2.84. The SMILES string of the molecule is CCC(C)S/C(=N\N)C(C)(C)C. The molecule has 0 aliphatic rings. The molecule has 0 heterocycles. The summed E-state index contributed by atoms with van der Waals surface area (Å²) in [5, 5.41) is 5.47. The third-order valence-corrected chi connectivity index (χ3v) is 3.32. The molecule has 0 fully saturated rings. The zero-order valence-electron chi connectivity index (χ0n) is 8.72. The normalized spacial score (nSPS) is 16.2. The van der Waals surface area contributed by atoms with E-state index < -0.39 is 0 Å². The lowest BCUT2D eigenvalue weighted by molar-refractivity contribution is 0.599. The zero-order chi connectivity index (χ0) is 9.78. The van der Waals surface area contributed by atoms with Crippen molar-refractivity contribution in [3.63, 3.8) is 0 Å². The number of nitrogens with zero attached hydrogens (tertiary/aromatic N) is 1. The average molecular weight is 188 g/mol. The molecule has 72 valence electrons. The van der Waals surface area contributed by atoms with Gasteiger partial charge in [-0.3, -0.25) is 0 Å². The molecule has 0 aromatic carbocycles. The standard InChI is InChI=1S/C9H20N2S/c1-6-7(2)12-8(11-10)9(3,4)5/h7H,6,10H2,1-5H3/b11-8-. The molecular weight excluding hydrogens is 168 g/mol. The highest BCUT2D eigenvalue weighted by atomic mass is 32.2. The minimum Gasteiger partial charge on any atom is -0.323 e. The van der Waals surface area contributed by atoms with Crippen molar-refractivity contribution in [2.45, 2.75) is 46.3 Å². The van der Waals surface area contributed by atoms with Crippen LogP contribution in [0.2, 0.25) is 0 Å². The van der Waals surface area contributed by atoms with Crippen molar-refractivity contribution in [3.8, 4) is 0 Å². The van der Waals surface area contributed by atoms with E-state index in [9.17, 15) is 0 Å². The maximum absolute atomic E-state index is 5.33. The van der Waals surface area contributed by atoms with E-state index in [1.165, 1.54) is 0 Å². The van der Waals surface area contributed by atoms with Crippen LogP contribution in [0.3, 0.4) is 0 Å². The summed E-state index contributed by atoms with van der Waals surface area (Å²) in [6.45, 7) is 10.8. The quantitative estimate of drug-likeness (QED) is 0.313. The number of thioether (sulfide) groups is 1.